The summed E-state index contributed by atoms with van der Waals surface area (Å²) in [6.07, 6.45) is -10.7. The van der Waals surface area contributed by atoms with E-state index in [4.69, 9.17) is 4.74 Å². The Morgan fingerprint density at radius 1 is 1.15 bits per heavy atom. The van der Waals surface area contributed by atoms with E-state index in [-0.39, 0.29) is 31.7 Å². The lowest BCUT2D eigenvalue weighted by molar-refractivity contribution is -0.141. The largest absolute Gasteiger partial charge is 0.435 e. The molecule has 0 N–H and O–H groups in total. The Labute approximate surface area is 193 Å². The van der Waals surface area contributed by atoms with Crippen molar-refractivity contribution in [2.75, 3.05) is 27.2 Å². The predicted octanol–water partition coefficient (Wildman–Crippen LogP) is 4.57. The Kier molecular flexibility index (Phi) is 7.13. The molecular formula is C21H25F6N3O3S. The van der Waals surface area contributed by atoms with Crippen LogP contribution >= 0.6 is 0 Å². The van der Waals surface area contributed by atoms with Gasteiger partial charge in [-0.1, -0.05) is 6.07 Å². The number of rotatable bonds is 6. The van der Waals surface area contributed by atoms with Gasteiger partial charge in [0.15, 0.2) is 15.5 Å². The number of aromatic nitrogens is 2. The van der Waals surface area contributed by atoms with E-state index >= 15 is 0 Å². The summed E-state index contributed by atoms with van der Waals surface area (Å²) < 4.78 is 111. The fraction of sp³-hybridized carbons (Fsp3) is 0.571. The Balaban J connectivity index is 1.98. The highest BCUT2D eigenvalue weighted by Crippen LogP contribution is 2.43. The number of nitrogens with zero attached hydrogens (tertiary/aromatic N) is 3. The lowest BCUT2D eigenvalue weighted by Crippen LogP contribution is -2.42. The average molecular weight is 514 g/mol. The molecule has 0 bridgehead atoms. The summed E-state index contributed by atoms with van der Waals surface area (Å²) in [5, 5.41) is 3.65. The van der Waals surface area contributed by atoms with Crippen molar-refractivity contribution in [3.05, 3.63) is 47.3 Å². The van der Waals surface area contributed by atoms with Crippen LogP contribution in [-0.4, -0.2) is 55.1 Å². The number of hydrogen-bond acceptors (Lipinski definition) is 5. The van der Waals surface area contributed by atoms with Crippen molar-refractivity contribution in [2.24, 2.45) is 0 Å². The number of likely N-dealkylation sites (N-methyl/N-ethyl adjacent to an activating group) is 1. The van der Waals surface area contributed by atoms with Gasteiger partial charge in [-0.2, -0.15) is 31.4 Å². The highest BCUT2D eigenvalue weighted by atomic mass is 32.2. The van der Waals surface area contributed by atoms with Crippen LogP contribution in [0.4, 0.5) is 26.3 Å². The van der Waals surface area contributed by atoms with Gasteiger partial charge in [0, 0.05) is 13.2 Å². The third-order valence-corrected chi connectivity index (χ3v) is 8.42. The molecule has 2 unspecified atom stereocenters. The van der Waals surface area contributed by atoms with E-state index in [9.17, 15) is 34.8 Å². The minimum atomic E-state index is -4.72. The molecule has 1 aromatic carbocycles. The van der Waals surface area contributed by atoms with Crippen LogP contribution in [0.5, 0.6) is 0 Å². The minimum Gasteiger partial charge on any atom is -0.372 e. The Morgan fingerprint density at radius 3 is 2.41 bits per heavy atom. The molecule has 190 valence electrons. The van der Waals surface area contributed by atoms with Gasteiger partial charge in [0.05, 0.1) is 27.4 Å². The van der Waals surface area contributed by atoms with Crippen LogP contribution in [0.3, 0.4) is 0 Å². The van der Waals surface area contributed by atoms with Gasteiger partial charge in [-0.25, -0.2) is 8.42 Å². The second-order valence-corrected chi connectivity index (χ2v) is 11.2. The molecule has 0 amide bonds. The van der Waals surface area contributed by atoms with E-state index in [0.717, 1.165) is 28.9 Å². The lowest BCUT2D eigenvalue weighted by Gasteiger charge is -2.37. The molecule has 1 saturated heterocycles. The maximum atomic E-state index is 13.4. The van der Waals surface area contributed by atoms with Gasteiger partial charge in [-0.05, 0) is 58.1 Å². The first kappa shape index (κ1) is 26.5. The molecule has 0 aliphatic carbocycles. The normalized spacial score (nSPS) is 22.4. The molecule has 0 radical (unpaired) electrons. The molecule has 13 heteroatoms. The summed E-state index contributed by atoms with van der Waals surface area (Å²) in [6.45, 7) is 1.76. The predicted molar refractivity (Wildman–Crippen MR) is 111 cm³/mol. The summed E-state index contributed by atoms with van der Waals surface area (Å²) in [7, 11) is -0.806. The smallest absolute Gasteiger partial charge is 0.372 e. The van der Waals surface area contributed by atoms with Crippen molar-refractivity contribution < 1.29 is 39.5 Å². The maximum Gasteiger partial charge on any atom is 0.435 e. The highest BCUT2D eigenvalue weighted by molar-refractivity contribution is 7.92. The van der Waals surface area contributed by atoms with Crippen molar-refractivity contribution in [1.82, 2.24) is 14.7 Å². The van der Waals surface area contributed by atoms with Gasteiger partial charge < -0.3 is 9.64 Å². The van der Waals surface area contributed by atoms with Crippen molar-refractivity contribution >= 4 is 9.84 Å². The Bertz CT molecular complexity index is 1130. The molecule has 34 heavy (non-hydrogen) atoms. The van der Waals surface area contributed by atoms with E-state index in [1.165, 1.54) is 6.92 Å². The summed E-state index contributed by atoms with van der Waals surface area (Å²) in [5.41, 5.74) is -2.16. The van der Waals surface area contributed by atoms with Crippen LogP contribution in [0.2, 0.25) is 0 Å². The van der Waals surface area contributed by atoms with Crippen molar-refractivity contribution in [1.29, 1.82) is 0 Å². The molecule has 0 saturated carbocycles. The first-order chi connectivity index (χ1) is 15.5. The topological polar surface area (TPSA) is 64.4 Å². The number of ether oxygens (including phenoxy) is 1. The standard InChI is InChI=1S/C21H25F6N3O3S/c1-19(34(31,32)15-6-4-5-14(11-15)20(22,23)24)7-10-33-17(13-19)16-12-18(21(25,26)27)28-30(16)9-8-29(2)3/h4-6,11-12,17H,7-10,13H2,1-3H3. The number of alkyl halides is 6. The van der Waals surface area contributed by atoms with Crippen LogP contribution in [0.1, 0.15) is 42.8 Å². The fourth-order valence-corrected chi connectivity index (χ4v) is 5.66. The van der Waals surface area contributed by atoms with E-state index in [1.54, 1.807) is 19.0 Å². The Morgan fingerprint density at radius 2 is 1.82 bits per heavy atom. The molecular weight excluding hydrogens is 488 g/mol. The minimum absolute atomic E-state index is 0.0277. The monoisotopic (exact) mass is 513 g/mol. The van der Waals surface area contributed by atoms with Gasteiger partial charge in [0.1, 0.15) is 6.10 Å². The maximum absolute atomic E-state index is 13.4. The zero-order valence-electron chi connectivity index (χ0n) is 18.7. The van der Waals surface area contributed by atoms with Crippen LogP contribution in [0.15, 0.2) is 35.2 Å². The highest BCUT2D eigenvalue weighted by Gasteiger charge is 2.47. The first-order valence-electron chi connectivity index (χ1n) is 10.4. The molecule has 1 aliphatic rings. The van der Waals surface area contributed by atoms with Crippen LogP contribution in [0, 0.1) is 0 Å². The summed E-state index contributed by atoms with van der Waals surface area (Å²) in [5.74, 6) is 0. The zero-order chi connectivity index (χ0) is 25.5. The lowest BCUT2D eigenvalue weighted by atomic mass is 9.94. The molecule has 2 aromatic rings. The third-order valence-electron chi connectivity index (χ3n) is 5.88. The summed E-state index contributed by atoms with van der Waals surface area (Å²) in [4.78, 5) is 1.26. The van der Waals surface area contributed by atoms with E-state index in [1.807, 2.05) is 0 Å². The molecule has 2 heterocycles. The Hall–Kier alpha value is -2.12. The van der Waals surface area contributed by atoms with Gasteiger partial charge >= 0.3 is 12.4 Å². The zero-order valence-corrected chi connectivity index (χ0v) is 19.6. The fourth-order valence-electron chi connectivity index (χ4n) is 3.83. The first-order valence-corrected chi connectivity index (χ1v) is 11.9. The van der Waals surface area contributed by atoms with Gasteiger partial charge in [0.2, 0.25) is 0 Å². The summed E-state index contributed by atoms with van der Waals surface area (Å²) >= 11 is 0. The van der Waals surface area contributed by atoms with E-state index in [2.05, 4.69) is 5.10 Å². The van der Waals surface area contributed by atoms with Gasteiger partial charge in [-0.15, -0.1) is 0 Å². The molecule has 1 aromatic heterocycles. The van der Waals surface area contributed by atoms with Crippen molar-refractivity contribution in [3.8, 4) is 0 Å². The van der Waals surface area contributed by atoms with Crippen LogP contribution in [0.25, 0.3) is 0 Å². The number of sulfone groups is 1. The van der Waals surface area contributed by atoms with Crippen molar-refractivity contribution in [3.63, 3.8) is 0 Å². The number of benzene rings is 1. The number of hydrogen-bond donors (Lipinski definition) is 0. The second-order valence-electron chi connectivity index (χ2n) is 8.77. The SMILES string of the molecule is CN(C)CCn1nc(C(F)(F)F)cc1C1CC(C)(S(=O)(=O)c2cccc(C(F)(F)F)c2)CCO1. The molecule has 2 atom stereocenters. The van der Waals surface area contributed by atoms with Crippen LogP contribution in [-0.2, 0) is 33.5 Å². The van der Waals surface area contributed by atoms with E-state index < -0.39 is 49.2 Å². The average Bonchev–Trinajstić information content (AvgIpc) is 3.16. The molecule has 6 nitrogen and oxygen atoms in total. The molecule has 3 rings (SSSR count). The molecule has 1 fully saturated rings. The van der Waals surface area contributed by atoms with E-state index in [0.29, 0.717) is 12.6 Å². The van der Waals surface area contributed by atoms with Crippen molar-refractivity contribution in [2.45, 2.75) is 54.4 Å². The molecule has 0 spiro atoms. The molecule has 1 aliphatic heterocycles. The van der Waals surface area contributed by atoms with Gasteiger partial charge in [0.25, 0.3) is 0 Å². The number of halogens is 6. The quantitative estimate of drug-likeness (QED) is 0.530. The summed E-state index contributed by atoms with van der Waals surface area (Å²) in [6, 6.07) is 4.29. The van der Waals surface area contributed by atoms with Crippen LogP contribution < -0.4 is 0 Å². The third kappa shape index (κ3) is 5.41. The van der Waals surface area contributed by atoms with Gasteiger partial charge in [-0.3, -0.25) is 4.68 Å². The second kappa shape index (κ2) is 9.15.